The van der Waals surface area contributed by atoms with Crippen LogP contribution in [0.3, 0.4) is 0 Å². The number of H-pyrrole nitrogens is 1. The Morgan fingerprint density at radius 2 is 1.81 bits per heavy atom. The van der Waals surface area contributed by atoms with Crippen LogP contribution in [0.15, 0.2) is 55.8 Å². The first kappa shape index (κ1) is 23.3. The van der Waals surface area contributed by atoms with Gasteiger partial charge in [-0.25, -0.2) is 9.48 Å². The van der Waals surface area contributed by atoms with E-state index >= 15 is 0 Å². The minimum absolute atomic E-state index is 0.137. The number of aromatic nitrogens is 2. The highest BCUT2D eigenvalue weighted by atomic mass is 16.4. The van der Waals surface area contributed by atoms with Gasteiger partial charge in [-0.05, 0) is 99.0 Å². The van der Waals surface area contributed by atoms with Gasteiger partial charge >= 0.3 is 5.97 Å². The number of aromatic carboxylic acids is 1. The number of hydrogen-bond acceptors (Lipinski definition) is 6. The molecule has 2 heterocycles. The van der Waals surface area contributed by atoms with Gasteiger partial charge in [0.05, 0.1) is 16.9 Å². The first-order chi connectivity index (χ1) is 17.2. The summed E-state index contributed by atoms with van der Waals surface area (Å²) in [5, 5.41) is 31.9. The van der Waals surface area contributed by atoms with Crippen LogP contribution >= 0.6 is 0 Å². The predicted molar refractivity (Wildman–Crippen MR) is 134 cm³/mol. The molecular formula is C27H26N4O5. The van der Waals surface area contributed by atoms with Gasteiger partial charge in [0.2, 0.25) is 5.76 Å². The Hall–Kier alpha value is -4.40. The zero-order valence-corrected chi connectivity index (χ0v) is 20.3. The minimum atomic E-state index is -1.19. The number of nitrogens with zero attached hydrogens (tertiary/aromatic N) is 3. The number of azo groups is 1. The van der Waals surface area contributed by atoms with E-state index in [0.717, 1.165) is 47.9 Å². The molecule has 3 N–H and O–H groups in total. The number of hydrogen-bond donors (Lipinski definition) is 3. The third-order valence-corrected chi connectivity index (χ3v) is 6.71. The van der Waals surface area contributed by atoms with Crippen molar-refractivity contribution in [3.63, 3.8) is 0 Å². The number of carboxylic acid groups (broad SMARTS) is 1. The van der Waals surface area contributed by atoms with E-state index in [1.807, 2.05) is 32.0 Å². The van der Waals surface area contributed by atoms with E-state index in [0.29, 0.717) is 16.9 Å². The van der Waals surface area contributed by atoms with E-state index in [1.165, 1.54) is 16.8 Å². The average molecular weight is 487 g/mol. The molecular weight excluding hydrogens is 460 g/mol. The summed E-state index contributed by atoms with van der Waals surface area (Å²) in [6, 6.07) is 10.4. The highest BCUT2D eigenvalue weighted by molar-refractivity contribution is 5.86. The molecule has 0 saturated heterocycles. The summed E-state index contributed by atoms with van der Waals surface area (Å²) in [6.07, 6.45) is 3.47. The van der Waals surface area contributed by atoms with Crippen molar-refractivity contribution < 1.29 is 19.4 Å². The summed E-state index contributed by atoms with van der Waals surface area (Å²) in [7, 11) is 0. The molecule has 1 aliphatic carbocycles. The number of aryl methyl sites for hydroxylation is 4. The normalized spacial score (nSPS) is 13.3. The topological polar surface area (TPSA) is 133 Å². The lowest BCUT2D eigenvalue weighted by Crippen LogP contribution is -2.14. The van der Waals surface area contributed by atoms with E-state index in [1.54, 1.807) is 13.0 Å². The molecule has 2 aromatic carbocycles. The number of benzene rings is 2. The fourth-order valence-electron chi connectivity index (χ4n) is 4.61. The molecule has 9 heteroatoms. The Morgan fingerprint density at radius 3 is 2.53 bits per heavy atom. The zero-order chi connectivity index (χ0) is 25.6. The van der Waals surface area contributed by atoms with Gasteiger partial charge in [-0.1, -0.05) is 6.07 Å². The van der Waals surface area contributed by atoms with Crippen molar-refractivity contribution in [1.82, 2.24) is 9.78 Å². The summed E-state index contributed by atoms with van der Waals surface area (Å²) >= 11 is 0. The van der Waals surface area contributed by atoms with E-state index in [4.69, 9.17) is 4.42 Å². The van der Waals surface area contributed by atoms with Crippen LogP contribution in [0, 0.1) is 20.8 Å². The second-order valence-corrected chi connectivity index (χ2v) is 9.13. The van der Waals surface area contributed by atoms with E-state index in [9.17, 15) is 19.8 Å². The van der Waals surface area contributed by atoms with Crippen LogP contribution in [0.2, 0.25) is 0 Å². The maximum Gasteiger partial charge on any atom is 0.371 e. The average Bonchev–Trinajstić information content (AvgIpc) is 3.45. The van der Waals surface area contributed by atoms with Crippen molar-refractivity contribution in [3.05, 3.63) is 80.5 Å². The van der Waals surface area contributed by atoms with Gasteiger partial charge in [0.15, 0.2) is 11.4 Å². The lowest BCUT2D eigenvalue weighted by Gasteiger charge is -2.20. The van der Waals surface area contributed by atoms with E-state index in [-0.39, 0.29) is 34.2 Å². The number of carbonyl (C=O) groups is 1. The number of carboxylic acids is 1. The van der Waals surface area contributed by atoms with Crippen molar-refractivity contribution in [2.24, 2.45) is 10.2 Å². The maximum atomic E-state index is 13.1. The monoisotopic (exact) mass is 486 g/mol. The van der Waals surface area contributed by atoms with Gasteiger partial charge in [-0.2, -0.15) is 0 Å². The van der Waals surface area contributed by atoms with Gasteiger partial charge < -0.3 is 14.6 Å². The van der Waals surface area contributed by atoms with Crippen molar-refractivity contribution >= 4 is 17.3 Å². The van der Waals surface area contributed by atoms with Gasteiger partial charge in [0.1, 0.15) is 11.4 Å². The van der Waals surface area contributed by atoms with Gasteiger partial charge in [0.25, 0.3) is 5.56 Å². The molecule has 9 nitrogen and oxygen atoms in total. The molecule has 0 saturated carbocycles. The Morgan fingerprint density at radius 1 is 1.03 bits per heavy atom. The molecule has 5 rings (SSSR count). The molecule has 0 aliphatic heterocycles. The Labute approximate surface area is 206 Å². The van der Waals surface area contributed by atoms with Crippen molar-refractivity contribution in [1.29, 1.82) is 0 Å². The molecule has 0 amide bonds. The van der Waals surface area contributed by atoms with Crippen molar-refractivity contribution in [2.75, 3.05) is 0 Å². The molecule has 0 fully saturated rings. The third-order valence-electron chi connectivity index (χ3n) is 6.71. The first-order valence-corrected chi connectivity index (χ1v) is 11.8. The Kier molecular flexibility index (Phi) is 5.83. The quantitative estimate of drug-likeness (QED) is 0.295. The number of aromatic amines is 1. The lowest BCUT2D eigenvalue weighted by molar-refractivity contribution is 0.0663. The smallest absolute Gasteiger partial charge is 0.371 e. The Bertz CT molecular complexity index is 1590. The standard InChI is InChI=1S/C27H26N4O5/c1-14-8-9-18(12-15(14)2)31-26(33)24(16(3)30-31)29-28-20-13-17-6-4-5-7-19(17)23(25(20)32)21-10-11-22(36-21)27(34)35/h8-13,30,32H,4-7H2,1-3H3,(H,34,35). The second kappa shape index (κ2) is 8.99. The van der Waals surface area contributed by atoms with Gasteiger partial charge in [-0.3, -0.25) is 9.89 Å². The van der Waals surface area contributed by atoms with Gasteiger partial charge in [-0.15, -0.1) is 10.2 Å². The number of nitrogens with one attached hydrogen (secondary N) is 1. The third kappa shape index (κ3) is 4.02. The van der Waals surface area contributed by atoms with Crippen LogP contribution in [-0.2, 0) is 12.8 Å². The summed E-state index contributed by atoms with van der Waals surface area (Å²) in [4.78, 5) is 24.4. The Balaban J connectivity index is 1.58. The van der Waals surface area contributed by atoms with E-state index in [2.05, 4.69) is 15.3 Å². The van der Waals surface area contributed by atoms with Crippen LogP contribution in [0.5, 0.6) is 5.75 Å². The van der Waals surface area contributed by atoms with Crippen molar-refractivity contribution in [2.45, 2.75) is 46.5 Å². The minimum Gasteiger partial charge on any atom is -0.505 e. The molecule has 0 spiro atoms. The second-order valence-electron chi connectivity index (χ2n) is 9.13. The van der Waals surface area contributed by atoms with E-state index < -0.39 is 5.97 Å². The number of phenols is 1. The maximum absolute atomic E-state index is 13.1. The molecule has 0 atom stereocenters. The highest BCUT2D eigenvalue weighted by Gasteiger charge is 2.24. The largest absolute Gasteiger partial charge is 0.505 e. The number of fused-ring (bicyclic) bond motifs is 1. The molecule has 0 unspecified atom stereocenters. The highest BCUT2D eigenvalue weighted by Crippen LogP contribution is 2.45. The zero-order valence-electron chi connectivity index (χ0n) is 20.3. The first-order valence-electron chi connectivity index (χ1n) is 11.8. The number of furan rings is 1. The lowest BCUT2D eigenvalue weighted by atomic mass is 9.86. The molecule has 0 radical (unpaired) electrons. The summed E-state index contributed by atoms with van der Waals surface area (Å²) in [5.41, 5.74) is 5.73. The number of aromatic hydroxyl groups is 1. The summed E-state index contributed by atoms with van der Waals surface area (Å²) < 4.78 is 6.94. The fourth-order valence-corrected chi connectivity index (χ4v) is 4.61. The van der Waals surface area contributed by atoms with Crippen LogP contribution in [0.25, 0.3) is 17.0 Å². The molecule has 36 heavy (non-hydrogen) atoms. The van der Waals surface area contributed by atoms with Crippen LogP contribution in [-0.4, -0.2) is 26.0 Å². The fraction of sp³-hybridized carbons (Fsp3) is 0.259. The molecule has 4 aromatic rings. The summed E-state index contributed by atoms with van der Waals surface area (Å²) in [5.74, 6) is -1.30. The van der Waals surface area contributed by atoms with Crippen molar-refractivity contribution in [3.8, 4) is 22.8 Å². The number of phenolic OH excluding ortho intramolecular Hbond substituents is 1. The van der Waals surface area contributed by atoms with Crippen LogP contribution in [0.4, 0.5) is 11.4 Å². The predicted octanol–water partition coefficient (Wildman–Crippen LogP) is 6.05. The SMILES string of the molecule is Cc1ccc(-n2[nH]c(C)c(N=Nc3cc4c(c(-c5ccc(C(=O)O)o5)c3O)CCCC4)c2=O)cc1C. The van der Waals surface area contributed by atoms with Crippen LogP contribution < -0.4 is 5.56 Å². The van der Waals surface area contributed by atoms with Crippen LogP contribution in [0.1, 0.15) is 51.3 Å². The number of rotatable bonds is 5. The summed E-state index contributed by atoms with van der Waals surface area (Å²) in [6.45, 7) is 5.73. The molecule has 1 aliphatic rings. The molecule has 184 valence electrons. The molecule has 0 bridgehead atoms. The molecule has 2 aromatic heterocycles. The van der Waals surface area contributed by atoms with Gasteiger partial charge in [0, 0.05) is 0 Å².